The predicted octanol–water partition coefficient (Wildman–Crippen LogP) is 3.70. The molecule has 110 valence electrons. The van der Waals surface area contributed by atoms with E-state index in [1.54, 1.807) is 0 Å². The Labute approximate surface area is 120 Å². The Kier molecular flexibility index (Phi) is 12.4. The van der Waals surface area contributed by atoms with Crippen LogP contribution in [-0.2, 0) is 0 Å². The summed E-state index contributed by atoms with van der Waals surface area (Å²) < 4.78 is 0. The van der Waals surface area contributed by atoms with Gasteiger partial charge in [0.2, 0.25) is 0 Å². The first kappa shape index (κ1) is 18.2. The van der Waals surface area contributed by atoms with Crippen LogP contribution in [0.1, 0.15) is 47.0 Å². The van der Waals surface area contributed by atoms with Crippen LogP contribution in [0.25, 0.3) is 0 Å². The summed E-state index contributed by atoms with van der Waals surface area (Å²) in [5.41, 5.74) is 0. The maximum atomic E-state index is 5.78. The van der Waals surface area contributed by atoms with Gasteiger partial charge >= 0.3 is 0 Å². The third kappa shape index (κ3) is 9.18. The summed E-state index contributed by atoms with van der Waals surface area (Å²) in [6.07, 6.45) is 3.73. The molecule has 0 bridgehead atoms. The van der Waals surface area contributed by atoms with E-state index in [9.17, 15) is 0 Å². The number of halogens is 1. The largest absolute Gasteiger partial charge is 0.304 e. The maximum absolute atomic E-state index is 5.78. The third-order valence-electron chi connectivity index (χ3n) is 3.83. The quantitative estimate of drug-likeness (QED) is 0.502. The minimum atomic E-state index is 0.763. The summed E-state index contributed by atoms with van der Waals surface area (Å²) in [7, 11) is 0. The van der Waals surface area contributed by atoms with Crippen molar-refractivity contribution in [2.75, 3.05) is 45.1 Å². The van der Waals surface area contributed by atoms with Gasteiger partial charge in [-0.15, -0.1) is 11.6 Å². The Bertz CT molecular complexity index is 172. The average molecular weight is 277 g/mol. The highest BCUT2D eigenvalue weighted by Crippen LogP contribution is 2.09. The first-order valence-electron chi connectivity index (χ1n) is 7.68. The molecular weight excluding hydrogens is 244 g/mol. The van der Waals surface area contributed by atoms with Crippen molar-refractivity contribution >= 4 is 11.6 Å². The minimum Gasteiger partial charge on any atom is -0.304 e. The lowest BCUT2D eigenvalue weighted by Crippen LogP contribution is -2.31. The fourth-order valence-corrected chi connectivity index (χ4v) is 2.59. The topological polar surface area (TPSA) is 6.48 Å². The molecular formula is C15H33ClN2. The van der Waals surface area contributed by atoms with E-state index >= 15 is 0 Å². The van der Waals surface area contributed by atoms with Crippen LogP contribution in [0.4, 0.5) is 0 Å². The number of alkyl halides is 1. The van der Waals surface area contributed by atoms with Crippen molar-refractivity contribution in [3.05, 3.63) is 0 Å². The van der Waals surface area contributed by atoms with E-state index in [1.165, 1.54) is 52.1 Å². The fraction of sp³-hybridized carbons (Fsp3) is 1.00. The van der Waals surface area contributed by atoms with Crippen molar-refractivity contribution < 1.29 is 0 Å². The molecule has 0 saturated carbocycles. The average Bonchev–Trinajstić information content (AvgIpc) is 2.38. The lowest BCUT2D eigenvalue weighted by molar-refractivity contribution is 0.232. The van der Waals surface area contributed by atoms with Gasteiger partial charge < -0.3 is 9.80 Å². The molecule has 1 unspecified atom stereocenters. The van der Waals surface area contributed by atoms with Gasteiger partial charge in [-0.2, -0.15) is 0 Å². The zero-order valence-corrected chi connectivity index (χ0v) is 13.7. The molecule has 0 fully saturated rings. The van der Waals surface area contributed by atoms with Crippen molar-refractivity contribution in [2.45, 2.75) is 47.0 Å². The number of hydrogen-bond donors (Lipinski definition) is 0. The number of nitrogens with zero attached hydrogens (tertiary/aromatic N) is 2. The summed E-state index contributed by atoms with van der Waals surface area (Å²) in [6.45, 7) is 16.3. The van der Waals surface area contributed by atoms with E-state index in [1.807, 2.05) is 0 Å². The molecule has 0 aromatic rings. The summed E-state index contributed by atoms with van der Waals surface area (Å²) in [6, 6.07) is 0. The van der Waals surface area contributed by atoms with Crippen LogP contribution in [0.3, 0.4) is 0 Å². The van der Waals surface area contributed by atoms with Crippen LogP contribution in [0, 0.1) is 5.92 Å². The Morgan fingerprint density at radius 3 is 1.89 bits per heavy atom. The van der Waals surface area contributed by atoms with E-state index in [4.69, 9.17) is 11.6 Å². The molecule has 0 aromatic carbocycles. The molecule has 2 nitrogen and oxygen atoms in total. The normalized spacial score (nSPS) is 13.5. The number of rotatable bonds is 12. The van der Waals surface area contributed by atoms with E-state index in [2.05, 4.69) is 37.5 Å². The Hall–Kier alpha value is 0.210. The second-order valence-electron chi connectivity index (χ2n) is 5.19. The highest BCUT2D eigenvalue weighted by atomic mass is 35.5. The van der Waals surface area contributed by atoms with Gasteiger partial charge in [-0.25, -0.2) is 0 Å². The third-order valence-corrected chi connectivity index (χ3v) is 4.05. The molecule has 0 aliphatic heterocycles. The van der Waals surface area contributed by atoms with Crippen LogP contribution < -0.4 is 0 Å². The van der Waals surface area contributed by atoms with Gasteiger partial charge in [0.25, 0.3) is 0 Å². The molecule has 0 heterocycles. The van der Waals surface area contributed by atoms with Gasteiger partial charge in [0, 0.05) is 5.88 Å². The second-order valence-corrected chi connectivity index (χ2v) is 5.56. The lowest BCUT2D eigenvalue weighted by atomic mass is 10.0. The van der Waals surface area contributed by atoms with Crippen LogP contribution in [0.2, 0.25) is 0 Å². The zero-order chi connectivity index (χ0) is 13.8. The lowest BCUT2D eigenvalue weighted by Gasteiger charge is -2.24. The molecule has 0 radical (unpaired) electrons. The van der Waals surface area contributed by atoms with Crippen molar-refractivity contribution in [2.24, 2.45) is 5.92 Å². The van der Waals surface area contributed by atoms with Crippen LogP contribution in [0.5, 0.6) is 0 Å². The second kappa shape index (κ2) is 12.3. The van der Waals surface area contributed by atoms with E-state index in [0.29, 0.717) is 0 Å². The highest BCUT2D eigenvalue weighted by molar-refractivity contribution is 6.17. The molecule has 0 spiro atoms. The molecule has 0 aliphatic carbocycles. The Morgan fingerprint density at radius 1 is 0.833 bits per heavy atom. The minimum absolute atomic E-state index is 0.763. The molecule has 0 N–H and O–H groups in total. The predicted molar refractivity (Wildman–Crippen MR) is 83.6 cm³/mol. The smallest absolute Gasteiger partial charge is 0.0225 e. The molecule has 0 amide bonds. The molecule has 1 atom stereocenters. The van der Waals surface area contributed by atoms with Gasteiger partial charge in [0.1, 0.15) is 0 Å². The monoisotopic (exact) mass is 276 g/mol. The molecule has 18 heavy (non-hydrogen) atoms. The summed E-state index contributed by atoms with van der Waals surface area (Å²) in [5.74, 6) is 1.56. The molecule has 0 aromatic heterocycles. The van der Waals surface area contributed by atoms with Crippen LogP contribution >= 0.6 is 11.6 Å². The Balaban J connectivity index is 3.69. The van der Waals surface area contributed by atoms with Gasteiger partial charge in [0.05, 0.1) is 0 Å². The molecule has 0 rings (SSSR count). The van der Waals surface area contributed by atoms with Crippen molar-refractivity contribution in [1.29, 1.82) is 0 Å². The first-order valence-corrected chi connectivity index (χ1v) is 8.21. The van der Waals surface area contributed by atoms with Crippen LogP contribution in [-0.4, -0.2) is 54.9 Å². The SMILES string of the molecule is CCN(CC)CCCN(CC)CCC(C)CCCl. The van der Waals surface area contributed by atoms with E-state index < -0.39 is 0 Å². The summed E-state index contributed by atoms with van der Waals surface area (Å²) in [4.78, 5) is 5.08. The van der Waals surface area contributed by atoms with Gasteiger partial charge in [-0.3, -0.25) is 0 Å². The number of hydrogen-bond acceptors (Lipinski definition) is 2. The van der Waals surface area contributed by atoms with Crippen molar-refractivity contribution in [3.63, 3.8) is 0 Å². The summed E-state index contributed by atoms with van der Waals surface area (Å²) in [5, 5.41) is 0. The van der Waals surface area contributed by atoms with Crippen LogP contribution in [0.15, 0.2) is 0 Å². The fourth-order valence-electron chi connectivity index (χ4n) is 2.22. The standard InChI is InChI=1S/C15H33ClN2/c1-5-17(6-2)12-8-13-18(7-3)14-10-15(4)9-11-16/h15H,5-14H2,1-4H3. The molecule has 3 heteroatoms. The molecule has 0 saturated heterocycles. The molecule has 0 aliphatic rings. The Morgan fingerprint density at radius 2 is 1.39 bits per heavy atom. The van der Waals surface area contributed by atoms with E-state index in [-0.39, 0.29) is 0 Å². The van der Waals surface area contributed by atoms with E-state index in [0.717, 1.165) is 18.2 Å². The van der Waals surface area contributed by atoms with Crippen molar-refractivity contribution in [1.82, 2.24) is 9.80 Å². The highest BCUT2D eigenvalue weighted by Gasteiger charge is 2.07. The zero-order valence-electron chi connectivity index (χ0n) is 12.9. The van der Waals surface area contributed by atoms with Crippen molar-refractivity contribution in [3.8, 4) is 0 Å². The maximum Gasteiger partial charge on any atom is 0.0225 e. The summed E-state index contributed by atoms with van der Waals surface area (Å²) >= 11 is 5.78. The van der Waals surface area contributed by atoms with Gasteiger partial charge in [-0.05, 0) is 64.4 Å². The van der Waals surface area contributed by atoms with Gasteiger partial charge in [-0.1, -0.05) is 27.7 Å². The van der Waals surface area contributed by atoms with Gasteiger partial charge in [0.15, 0.2) is 0 Å². The first-order chi connectivity index (χ1) is 8.67.